The Morgan fingerprint density at radius 1 is 0.909 bits per heavy atom. The van der Waals surface area contributed by atoms with E-state index in [0.717, 1.165) is 11.1 Å². The predicted octanol–water partition coefficient (Wildman–Crippen LogP) is 6.40. The summed E-state index contributed by atoms with van der Waals surface area (Å²) in [4.78, 5) is 26.8. The molecule has 0 saturated carbocycles. The van der Waals surface area contributed by atoms with Crippen LogP contribution in [-0.2, 0) is 16.1 Å². The van der Waals surface area contributed by atoms with E-state index in [0.29, 0.717) is 32.6 Å². The molecule has 0 radical (unpaired) electrons. The van der Waals surface area contributed by atoms with Crippen molar-refractivity contribution >= 4 is 40.8 Å². The first-order valence-corrected chi connectivity index (χ1v) is 11.3. The monoisotopic (exact) mass is 485 g/mol. The predicted molar refractivity (Wildman–Crippen MR) is 131 cm³/mol. The van der Waals surface area contributed by atoms with Crippen LogP contribution in [0.3, 0.4) is 0 Å². The maximum atomic E-state index is 13.3. The minimum Gasteiger partial charge on any atom is -0.483 e. The molecule has 3 rings (SSSR count). The van der Waals surface area contributed by atoms with E-state index in [1.54, 1.807) is 49.4 Å². The maximum absolute atomic E-state index is 13.3. The van der Waals surface area contributed by atoms with Gasteiger partial charge in [0.15, 0.2) is 6.61 Å². The van der Waals surface area contributed by atoms with Crippen molar-refractivity contribution in [2.24, 2.45) is 0 Å². The Morgan fingerprint density at radius 3 is 2.18 bits per heavy atom. The molecule has 0 saturated heterocycles. The smallest absolute Gasteiger partial charge is 0.338 e. The summed E-state index contributed by atoms with van der Waals surface area (Å²) in [7, 11) is 0. The van der Waals surface area contributed by atoms with Crippen molar-refractivity contribution in [1.82, 2.24) is 0 Å². The summed E-state index contributed by atoms with van der Waals surface area (Å²) < 4.78 is 10.9. The number of rotatable bonds is 8. The van der Waals surface area contributed by atoms with Crippen LogP contribution >= 0.6 is 23.2 Å². The SMILES string of the molecule is CCOC(=O)c1ccc(N(Cc2c(Cl)cccc2Cl)C(=O)COc2cccc(C)c2C)cc1. The van der Waals surface area contributed by atoms with Gasteiger partial charge in [0.25, 0.3) is 5.91 Å². The van der Waals surface area contributed by atoms with Crippen molar-refractivity contribution in [3.05, 3.63) is 93.0 Å². The van der Waals surface area contributed by atoms with Crippen LogP contribution in [0.25, 0.3) is 0 Å². The number of aryl methyl sites for hydroxylation is 1. The Kier molecular flexibility index (Phi) is 8.37. The third kappa shape index (κ3) is 6.06. The molecule has 1 amide bonds. The molecular formula is C26H25Cl2NO4. The lowest BCUT2D eigenvalue weighted by molar-refractivity contribution is -0.120. The first-order chi connectivity index (χ1) is 15.8. The molecule has 0 fully saturated rings. The summed E-state index contributed by atoms with van der Waals surface area (Å²) in [6, 6.07) is 17.5. The van der Waals surface area contributed by atoms with E-state index in [1.807, 2.05) is 32.0 Å². The van der Waals surface area contributed by atoms with Gasteiger partial charge in [-0.25, -0.2) is 4.79 Å². The maximum Gasteiger partial charge on any atom is 0.338 e. The van der Waals surface area contributed by atoms with E-state index in [-0.39, 0.29) is 25.7 Å². The molecule has 5 nitrogen and oxygen atoms in total. The zero-order valence-electron chi connectivity index (χ0n) is 18.7. The van der Waals surface area contributed by atoms with Crippen molar-refractivity contribution < 1.29 is 19.1 Å². The summed E-state index contributed by atoms with van der Waals surface area (Å²) >= 11 is 12.7. The fourth-order valence-electron chi connectivity index (χ4n) is 3.25. The molecule has 0 N–H and O–H groups in total. The Hall–Kier alpha value is -3.02. The third-order valence-corrected chi connectivity index (χ3v) is 5.98. The van der Waals surface area contributed by atoms with Gasteiger partial charge in [0.2, 0.25) is 0 Å². The number of halogens is 2. The Labute approximate surface area is 203 Å². The second-order valence-corrected chi connectivity index (χ2v) is 8.25. The number of esters is 1. The number of anilines is 1. The zero-order chi connectivity index (χ0) is 24.0. The highest BCUT2D eigenvalue weighted by Gasteiger charge is 2.21. The third-order valence-electron chi connectivity index (χ3n) is 5.28. The molecule has 0 aromatic heterocycles. The zero-order valence-corrected chi connectivity index (χ0v) is 20.2. The molecular weight excluding hydrogens is 461 g/mol. The van der Waals surface area contributed by atoms with Crippen LogP contribution in [0, 0.1) is 13.8 Å². The Balaban J connectivity index is 1.88. The Bertz CT molecular complexity index is 1130. The molecule has 0 atom stereocenters. The van der Waals surface area contributed by atoms with E-state index in [4.69, 9.17) is 32.7 Å². The fraction of sp³-hybridized carbons (Fsp3) is 0.231. The van der Waals surface area contributed by atoms with Crippen LogP contribution in [0.1, 0.15) is 34.0 Å². The lowest BCUT2D eigenvalue weighted by Gasteiger charge is -2.24. The van der Waals surface area contributed by atoms with Gasteiger partial charge in [-0.3, -0.25) is 4.79 Å². The van der Waals surface area contributed by atoms with Crippen LogP contribution < -0.4 is 9.64 Å². The van der Waals surface area contributed by atoms with Gasteiger partial charge >= 0.3 is 5.97 Å². The van der Waals surface area contributed by atoms with E-state index >= 15 is 0 Å². The summed E-state index contributed by atoms with van der Waals surface area (Å²) in [5.41, 5.74) is 3.65. The van der Waals surface area contributed by atoms with Crippen LogP contribution in [-0.4, -0.2) is 25.1 Å². The first-order valence-electron chi connectivity index (χ1n) is 10.5. The molecule has 0 spiro atoms. The van der Waals surface area contributed by atoms with Crippen LogP contribution in [0.15, 0.2) is 60.7 Å². The number of hydrogen-bond acceptors (Lipinski definition) is 4. The van der Waals surface area contributed by atoms with Crippen LogP contribution in [0.4, 0.5) is 5.69 Å². The number of carbonyl (C=O) groups excluding carboxylic acids is 2. The quantitative estimate of drug-likeness (QED) is 0.346. The second kappa shape index (κ2) is 11.2. The molecule has 7 heteroatoms. The minimum absolute atomic E-state index is 0.145. The summed E-state index contributed by atoms with van der Waals surface area (Å²) in [6.07, 6.45) is 0. The second-order valence-electron chi connectivity index (χ2n) is 7.43. The molecule has 0 aliphatic heterocycles. The topological polar surface area (TPSA) is 55.8 Å². The van der Waals surface area contributed by atoms with Crippen molar-refractivity contribution in [2.45, 2.75) is 27.3 Å². The molecule has 3 aromatic rings. The highest BCUT2D eigenvalue weighted by atomic mass is 35.5. The van der Waals surface area contributed by atoms with E-state index in [1.165, 1.54) is 4.90 Å². The number of hydrogen-bond donors (Lipinski definition) is 0. The van der Waals surface area contributed by atoms with E-state index < -0.39 is 5.97 Å². The van der Waals surface area contributed by atoms with Gasteiger partial charge in [-0.15, -0.1) is 0 Å². The lowest BCUT2D eigenvalue weighted by Crippen LogP contribution is -2.35. The normalized spacial score (nSPS) is 10.6. The van der Waals surface area contributed by atoms with Gasteiger partial charge in [-0.05, 0) is 74.4 Å². The summed E-state index contributed by atoms with van der Waals surface area (Å²) in [5, 5.41) is 0.915. The van der Waals surface area contributed by atoms with Crippen molar-refractivity contribution in [1.29, 1.82) is 0 Å². The Morgan fingerprint density at radius 2 is 1.55 bits per heavy atom. The average molecular weight is 486 g/mol. The number of amides is 1. The molecule has 0 aliphatic rings. The fourth-order valence-corrected chi connectivity index (χ4v) is 3.77. The van der Waals surface area contributed by atoms with Gasteiger partial charge in [0.1, 0.15) is 5.75 Å². The molecule has 0 aliphatic carbocycles. The molecule has 0 heterocycles. The number of carbonyl (C=O) groups is 2. The highest BCUT2D eigenvalue weighted by molar-refractivity contribution is 6.36. The molecule has 0 unspecified atom stereocenters. The molecule has 33 heavy (non-hydrogen) atoms. The van der Waals surface area contributed by atoms with E-state index in [9.17, 15) is 9.59 Å². The number of ether oxygens (including phenoxy) is 2. The average Bonchev–Trinajstić information content (AvgIpc) is 2.80. The van der Waals surface area contributed by atoms with Crippen molar-refractivity contribution in [2.75, 3.05) is 18.1 Å². The van der Waals surface area contributed by atoms with Gasteiger partial charge < -0.3 is 14.4 Å². The summed E-state index contributed by atoms with van der Waals surface area (Å²) in [6.45, 7) is 5.94. The highest BCUT2D eigenvalue weighted by Crippen LogP contribution is 2.29. The minimum atomic E-state index is -0.422. The van der Waals surface area contributed by atoms with Crippen LogP contribution in [0.2, 0.25) is 10.0 Å². The molecule has 172 valence electrons. The van der Waals surface area contributed by atoms with Crippen molar-refractivity contribution in [3.63, 3.8) is 0 Å². The molecule has 0 bridgehead atoms. The number of nitrogens with zero attached hydrogens (tertiary/aromatic N) is 1. The van der Waals surface area contributed by atoms with Gasteiger partial charge in [-0.2, -0.15) is 0 Å². The van der Waals surface area contributed by atoms with Gasteiger partial charge in [-0.1, -0.05) is 41.4 Å². The largest absolute Gasteiger partial charge is 0.483 e. The standard InChI is InChI=1S/C26H25Cl2NO4/c1-4-32-26(31)19-11-13-20(14-12-19)29(15-21-22(27)8-6-9-23(21)28)25(30)16-33-24-10-5-7-17(2)18(24)3/h5-14H,4,15-16H2,1-3H3. The first kappa shape index (κ1) is 24.6. The van der Waals surface area contributed by atoms with Crippen LogP contribution in [0.5, 0.6) is 5.75 Å². The number of benzene rings is 3. The van der Waals surface area contributed by atoms with Gasteiger partial charge in [0.05, 0.1) is 18.7 Å². The molecule has 3 aromatic carbocycles. The van der Waals surface area contributed by atoms with Gasteiger partial charge in [0, 0.05) is 21.3 Å². The lowest BCUT2D eigenvalue weighted by atomic mass is 10.1. The van der Waals surface area contributed by atoms with E-state index in [2.05, 4.69) is 0 Å². The summed E-state index contributed by atoms with van der Waals surface area (Å²) in [5.74, 6) is -0.0538. The van der Waals surface area contributed by atoms with Crippen molar-refractivity contribution in [3.8, 4) is 5.75 Å².